The molecule has 0 aliphatic heterocycles. The van der Waals surface area contributed by atoms with E-state index < -0.39 is 0 Å². The Kier molecular flexibility index (Phi) is 2.90. The first kappa shape index (κ1) is 9.01. The Bertz CT molecular complexity index is 125. The minimum Gasteiger partial charge on any atom is -0.392 e. The van der Waals surface area contributed by atoms with Gasteiger partial charge in [-0.25, -0.2) is 0 Å². The van der Waals surface area contributed by atoms with Gasteiger partial charge >= 0.3 is 0 Å². The monoisotopic (exact) mass is 157 g/mol. The summed E-state index contributed by atoms with van der Waals surface area (Å²) in [6.45, 7) is 7.11. The van der Waals surface area contributed by atoms with Gasteiger partial charge in [0.05, 0.1) is 6.10 Å². The molecule has 0 radical (unpaired) electrons. The lowest BCUT2D eigenvalue weighted by Crippen LogP contribution is -2.49. The van der Waals surface area contributed by atoms with Gasteiger partial charge in [-0.2, -0.15) is 0 Å². The lowest BCUT2D eigenvalue weighted by atomic mass is 9.71. The van der Waals surface area contributed by atoms with E-state index in [-0.39, 0.29) is 6.10 Å². The summed E-state index contributed by atoms with van der Waals surface area (Å²) >= 11 is 0. The van der Waals surface area contributed by atoms with E-state index in [0.717, 1.165) is 18.4 Å². The van der Waals surface area contributed by atoms with Crippen molar-refractivity contribution >= 4 is 0 Å². The summed E-state index contributed by atoms with van der Waals surface area (Å²) in [4.78, 5) is 0. The summed E-state index contributed by atoms with van der Waals surface area (Å²) in [6.07, 6.45) is 1.06. The van der Waals surface area contributed by atoms with Gasteiger partial charge in [0.1, 0.15) is 0 Å². The summed E-state index contributed by atoms with van der Waals surface area (Å²) < 4.78 is 0. The third-order valence-corrected chi connectivity index (χ3v) is 2.83. The van der Waals surface area contributed by atoms with Crippen LogP contribution in [-0.4, -0.2) is 23.8 Å². The maximum absolute atomic E-state index is 9.01. The predicted octanol–water partition coefficient (Wildman–Crippen LogP) is 1.00. The van der Waals surface area contributed by atoms with Gasteiger partial charge in [-0.15, -0.1) is 0 Å². The molecule has 0 bridgehead atoms. The number of hydrogen-bond donors (Lipinski definition) is 2. The van der Waals surface area contributed by atoms with E-state index in [9.17, 15) is 0 Å². The molecule has 1 rings (SSSR count). The average Bonchev–Trinajstić information content (AvgIpc) is 1.96. The Morgan fingerprint density at radius 2 is 2.18 bits per heavy atom. The van der Waals surface area contributed by atoms with Crippen LogP contribution in [0.4, 0.5) is 0 Å². The molecule has 2 N–H and O–H groups in total. The van der Waals surface area contributed by atoms with E-state index in [1.54, 1.807) is 0 Å². The average molecular weight is 157 g/mol. The largest absolute Gasteiger partial charge is 0.392 e. The molecule has 0 aromatic carbocycles. The Labute approximate surface area is 69.0 Å². The van der Waals surface area contributed by atoms with E-state index in [1.807, 2.05) is 6.92 Å². The maximum Gasteiger partial charge on any atom is 0.0636 e. The Morgan fingerprint density at radius 3 is 2.55 bits per heavy atom. The molecule has 2 heteroatoms. The number of nitrogens with one attached hydrogen (secondary N) is 1. The normalized spacial score (nSPS) is 39.8. The van der Waals surface area contributed by atoms with Crippen molar-refractivity contribution in [3.63, 3.8) is 0 Å². The van der Waals surface area contributed by atoms with Gasteiger partial charge in [0, 0.05) is 12.6 Å². The molecule has 3 unspecified atom stereocenters. The van der Waals surface area contributed by atoms with E-state index in [4.69, 9.17) is 5.11 Å². The molecular formula is C9H19NO. The molecule has 4 atom stereocenters. The second kappa shape index (κ2) is 3.55. The molecule has 0 aromatic rings. The molecule has 2 nitrogen and oxygen atoms in total. The zero-order chi connectivity index (χ0) is 8.43. The van der Waals surface area contributed by atoms with Gasteiger partial charge in [-0.05, 0) is 25.2 Å². The SMILES string of the molecule is CC1CC(NC[C@H](C)O)C1C. The minimum atomic E-state index is -0.210. The lowest BCUT2D eigenvalue weighted by Gasteiger charge is -2.41. The zero-order valence-corrected chi connectivity index (χ0v) is 7.67. The summed E-state index contributed by atoms with van der Waals surface area (Å²) in [6, 6.07) is 0.652. The number of aliphatic hydroxyl groups is 1. The van der Waals surface area contributed by atoms with Crippen molar-refractivity contribution in [1.29, 1.82) is 0 Å². The van der Waals surface area contributed by atoms with Gasteiger partial charge in [0.15, 0.2) is 0 Å². The molecule has 0 amide bonds. The van der Waals surface area contributed by atoms with Crippen molar-refractivity contribution in [2.24, 2.45) is 11.8 Å². The molecule has 11 heavy (non-hydrogen) atoms. The van der Waals surface area contributed by atoms with Gasteiger partial charge in [-0.3, -0.25) is 0 Å². The maximum atomic E-state index is 9.01. The number of hydrogen-bond acceptors (Lipinski definition) is 2. The highest BCUT2D eigenvalue weighted by atomic mass is 16.3. The third kappa shape index (κ3) is 2.17. The van der Waals surface area contributed by atoms with Crippen LogP contribution in [0.3, 0.4) is 0 Å². The van der Waals surface area contributed by atoms with Crippen LogP contribution in [0.15, 0.2) is 0 Å². The Morgan fingerprint density at radius 1 is 1.55 bits per heavy atom. The van der Waals surface area contributed by atoms with Gasteiger partial charge in [0.2, 0.25) is 0 Å². The van der Waals surface area contributed by atoms with Crippen LogP contribution in [0.5, 0.6) is 0 Å². The van der Waals surface area contributed by atoms with Crippen LogP contribution in [0, 0.1) is 11.8 Å². The summed E-state index contributed by atoms with van der Waals surface area (Å²) in [5.41, 5.74) is 0. The molecule has 1 aliphatic rings. The van der Waals surface area contributed by atoms with Crippen molar-refractivity contribution in [3.8, 4) is 0 Å². The van der Waals surface area contributed by atoms with Crippen LogP contribution in [0.1, 0.15) is 27.2 Å². The van der Waals surface area contributed by atoms with E-state index >= 15 is 0 Å². The molecule has 66 valence electrons. The number of aliphatic hydroxyl groups excluding tert-OH is 1. The fourth-order valence-corrected chi connectivity index (χ4v) is 1.62. The molecule has 1 aliphatic carbocycles. The summed E-state index contributed by atoms with van der Waals surface area (Å²) in [5, 5.41) is 12.4. The standard InChI is InChI=1S/C9H19NO/c1-6-4-9(8(6)3)10-5-7(2)11/h6-11H,4-5H2,1-3H3/t6?,7-,8?,9?/m0/s1. The highest BCUT2D eigenvalue weighted by Crippen LogP contribution is 2.33. The molecule has 1 fully saturated rings. The van der Waals surface area contributed by atoms with Crippen LogP contribution in [0.2, 0.25) is 0 Å². The zero-order valence-electron chi connectivity index (χ0n) is 7.67. The van der Waals surface area contributed by atoms with Crippen molar-refractivity contribution < 1.29 is 5.11 Å². The van der Waals surface area contributed by atoms with Crippen LogP contribution in [-0.2, 0) is 0 Å². The first-order valence-corrected chi connectivity index (χ1v) is 4.52. The van der Waals surface area contributed by atoms with Crippen molar-refractivity contribution in [1.82, 2.24) is 5.32 Å². The lowest BCUT2D eigenvalue weighted by molar-refractivity contribution is 0.113. The molecule has 0 aromatic heterocycles. The molecule has 0 spiro atoms. The second-order valence-corrected chi connectivity index (χ2v) is 3.94. The minimum absolute atomic E-state index is 0.210. The number of rotatable bonds is 3. The van der Waals surface area contributed by atoms with E-state index in [1.165, 1.54) is 6.42 Å². The van der Waals surface area contributed by atoms with Gasteiger partial charge < -0.3 is 10.4 Å². The second-order valence-electron chi connectivity index (χ2n) is 3.94. The first-order chi connectivity index (χ1) is 5.11. The summed E-state index contributed by atoms with van der Waals surface area (Å²) in [7, 11) is 0. The third-order valence-electron chi connectivity index (χ3n) is 2.83. The van der Waals surface area contributed by atoms with Crippen LogP contribution in [0.25, 0.3) is 0 Å². The van der Waals surface area contributed by atoms with E-state index in [0.29, 0.717) is 6.04 Å². The van der Waals surface area contributed by atoms with E-state index in [2.05, 4.69) is 19.2 Å². The molecule has 0 saturated heterocycles. The fraction of sp³-hybridized carbons (Fsp3) is 1.00. The first-order valence-electron chi connectivity index (χ1n) is 4.52. The van der Waals surface area contributed by atoms with Gasteiger partial charge in [-0.1, -0.05) is 13.8 Å². The molecular weight excluding hydrogens is 138 g/mol. The van der Waals surface area contributed by atoms with Crippen molar-refractivity contribution in [2.45, 2.75) is 39.3 Å². The van der Waals surface area contributed by atoms with Crippen LogP contribution < -0.4 is 5.32 Å². The predicted molar refractivity (Wildman–Crippen MR) is 46.4 cm³/mol. The van der Waals surface area contributed by atoms with Crippen molar-refractivity contribution in [2.75, 3.05) is 6.54 Å². The fourth-order valence-electron chi connectivity index (χ4n) is 1.62. The van der Waals surface area contributed by atoms with Crippen LogP contribution >= 0.6 is 0 Å². The van der Waals surface area contributed by atoms with Crippen molar-refractivity contribution in [3.05, 3.63) is 0 Å². The summed E-state index contributed by atoms with van der Waals surface area (Å²) in [5.74, 6) is 1.65. The van der Waals surface area contributed by atoms with Gasteiger partial charge in [0.25, 0.3) is 0 Å². The highest BCUT2D eigenvalue weighted by molar-refractivity contribution is 4.89. The smallest absolute Gasteiger partial charge is 0.0636 e. The molecule has 1 saturated carbocycles. The Balaban J connectivity index is 2.10. The topological polar surface area (TPSA) is 32.3 Å². The highest BCUT2D eigenvalue weighted by Gasteiger charge is 2.33. The quantitative estimate of drug-likeness (QED) is 0.640. The molecule has 0 heterocycles. The Hall–Kier alpha value is -0.0800.